The van der Waals surface area contributed by atoms with Crippen LogP contribution in [0.1, 0.15) is 30.4 Å². The number of halogens is 2. The van der Waals surface area contributed by atoms with Crippen molar-refractivity contribution in [2.75, 3.05) is 0 Å². The van der Waals surface area contributed by atoms with Crippen molar-refractivity contribution in [1.29, 1.82) is 0 Å². The number of ether oxygens (including phenoxy) is 1. The Morgan fingerprint density at radius 1 is 1.20 bits per heavy atom. The first-order valence-corrected chi connectivity index (χ1v) is 8.36. The van der Waals surface area contributed by atoms with Crippen LogP contribution in [0.25, 0.3) is 10.8 Å². The highest BCUT2D eigenvalue weighted by Gasteiger charge is 2.20. The molecule has 0 amide bonds. The van der Waals surface area contributed by atoms with Gasteiger partial charge in [-0.25, -0.2) is 13.9 Å². The van der Waals surface area contributed by atoms with Crippen molar-refractivity contribution in [3.8, 4) is 5.75 Å². The van der Waals surface area contributed by atoms with E-state index in [1.54, 1.807) is 44.2 Å². The van der Waals surface area contributed by atoms with Crippen molar-refractivity contribution in [3.05, 3.63) is 68.8 Å². The highest BCUT2D eigenvalue weighted by Crippen LogP contribution is 2.23. The first-order chi connectivity index (χ1) is 11.9. The standard InChI is InChI=1S/C18H14BrFN2O3/c1-10(2)22-17(23)13-6-4-3-5-12(13)16(21-22)18(24)25-15-8-7-11(19)9-14(15)20/h3-10H,1-2H3. The van der Waals surface area contributed by atoms with Crippen LogP contribution < -0.4 is 10.3 Å². The number of hydrogen-bond donors (Lipinski definition) is 0. The maximum absolute atomic E-state index is 13.9. The van der Waals surface area contributed by atoms with Crippen LogP contribution in [0.4, 0.5) is 4.39 Å². The largest absolute Gasteiger partial charge is 0.419 e. The topological polar surface area (TPSA) is 61.2 Å². The molecule has 0 atom stereocenters. The number of carbonyl (C=O) groups excluding carboxylic acids is 1. The van der Waals surface area contributed by atoms with Gasteiger partial charge in [-0.15, -0.1) is 0 Å². The van der Waals surface area contributed by atoms with Crippen LogP contribution in [0, 0.1) is 5.82 Å². The van der Waals surface area contributed by atoms with Crippen LogP contribution in [-0.4, -0.2) is 15.7 Å². The lowest BCUT2D eigenvalue weighted by molar-refractivity contribution is 0.0721. The number of nitrogens with zero attached hydrogens (tertiary/aromatic N) is 2. The molecule has 2 aromatic carbocycles. The molecular weight excluding hydrogens is 391 g/mol. The molecule has 0 spiro atoms. The van der Waals surface area contributed by atoms with Crippen molar-refractivity contribution in [3.63, 3.8) is 0 Å². The number of esters is 1. The van der Waals surface area contributed by atoms with Gasteiger partial charge in [-0.05, 0) is 38.1 Å². The molecular formula is C18H14BrFN2O3. The Balaban J connectivity index is 2.12. The third kappa shape index (κ3) is 3.32. The van der Waals surface area contributed by atoms with Gasteiger partial charge in [0, 0.05) is 9.86 Å². The summed E-state index contributed by atoms with van der Waals surface area (Å²) in [6, 6.07) is 10.5. The third-order valence-corrected chi connectivity index (χ3v) is 4.10. The van der Waals surface area contributed by atoms with Crippen LogP contribution in [0.3, 0.4) is 0 Å². The second-order valence-corrected chi connectivity index (χ2v) is 6.62. The number of hydrogen-bond acceptors (Lipinski definition) is 4. The molecule has 0 saturated carbocycles. The summed E-state index contributed by atoms with van der Waals surface area (Å²) in [5, 5.41) is 4.86. The van der Waals surface area contributed by atoms with Crippen molar-refractivity contribution >= 4 is 32.7 Å². The van der Waals surface area contributed by atoms with Crippen LogP contribution in [-0.2, 0) is 0 Å². The van der Waals surface area contributed by atoms with Gasteiger partial charge in [-0.2, -0.15) is 5.10 Å². The average Bonchev–Trinajstić information content (AvgIpc) is 2.57. The van der Waals surface area contributed by atoms with E-state index in [1.807, 2.05) is 0 Å². The quantitative estimate of drug-likeness (QED) is 0.486. The normalized spacial score (nSPS) is 11.1. The number of aromatic nitrogens is 2. The minimum atomic E-state index is -0.827. The zero-order valence-corrected chi connectivity index (χ0v) is 15.1. The maximum Gasteiger partial charge on any atom is 0.364 e. The molecule has 3 aromatic rings. The number of benzene rings is 2. The maximum atomic E-state index is 13.9. The summed E-state index contributed by atoms with van der Waals surface area (Å²) in [6.45, 7) is 3.57. The minimum Gasteiger partial charge on any atom is -0.419 e. The van der Waals surface area contributed by atoms with E-state index in [0.717, 1.165) is 0 Å². The minimum absolute atomic E-state index is 0.0359. The molecule has 0 N–H and O–H groups in total. The predicted molar refractivity (Wildman–Crippen MR) is 95.4 cm³/mol. The molecule has 7 heteroatoms. The van der Waals surface area contributed by atoms with Gasteiger partial charge in [0.1, 0.15) is 0 Å². The summed E-state index contributed by atoms with van der Waals surface area (Å²) in [4.78, 5) is 25.1. The Morgan fingerprint density at radius 2 is 1.88 bits per heavy atom. The van der Waals surface area contributed by atoms with Gasteiger partial charge in [0.25, 0.3) is 5.56 Å². The third-order valence-electron chi connectivity index (χ3n) is 3.61. The van der Waals surface area contributed by atoms with E-state index in [2.05, 4.69) is 21.0 Å². The highest BCUT2D eigenvalue weighted by molar-refractivity contribution is 9.10. The molecule has 0 fully saturated rings. The Hall–Kier alpha value is -2.54. The number of carbonyl (C=O) groups is 1. The fourth-order valence-electron chi connectivity index (χ4n) is 2.41. The fraction of sp³-hybridized carbons (Fsp3) is 0.167. The molecule has 0 bridgehead atoms. The average molecular weight is 405 g/mol. The number of rotatable bonds is 3. The summed E-state index contributed by atoms with van der Waals surface area (Å²) in [5.74, 6) is -1.71. The lowest BCUT2D eigenvalue weighted by Gasteiger charge is -2.13. The smallest absolute Gasteiger partial charge is 0.364 e. The predicted octanol–water partition coefficient (Wildman–Crippen LogP) is 4.10. The highest BCUT2D eigenvalue weighted by atomic mass is 79.9. The SMILES string of the molecule is CC(C)n1nc(C(=O)Oc2ccc(Br)cc2F)c2ccccc2c1=O. The van der Waals surface area contributed by atoms with Crippen LogP contribution in [0.5, 0.6) is 5.75 Å². The molecule has 0 aliphatic heterocycles. The summed E-state index contributed by atoms with van der Waals surface area (Å²) in [6.07, 6.45) is 0. The molecule has 1 heterocycles. The molecule has 0 saturated heterocycles. The lowest BCUT2D eigenvalue weighted by Crippen LogP contribution is -2.28. The van der Waals surface area contributed by atoms with Crippen molar-refractivity contribution in [2.45, 2.75) is 19.9 Å². The molecule has 5 nitrogen and oxygen atoms in total. The monoisotopic (exact) mass is 404 g/mol. The van der Waals surface area contributed by atoms with Crippen molar-refractivity contribution in [1.82, 2.24) is 9.78 Å². The molecule has 0 unspecified atom stereocenters. The summed E-state index contributed by atoms with van der Waals surface area (Å²) < 4.78 is 20.8. The first-order valence-electron chi connectivity index (χ1n) is 7.57. The van der Waals surface area contributed by atoms with Crippen molar-refractivity contribution in [2.24, 2.45) is 0 Å². The first kappa shape index (κ1) is 17.3. The van der Waals surface area contributed by atoms with Crippen LogP contribution in [0.2, 0.25) is 0 Å². The second-order valence-electron chi connectivity index (χ2n) is 5.70. The Kier molecular flexibility index (Phi) is 4.67. The van der Waals surface area contributed by atoms with Gasteiger partial charge in [0.2, 0.25) is 0 Å². The zero-order chi connectivity index (χ0) is 18.1. The lowest BCUT2D eigenvalue weighted by atomic mass is 10.1. The Labute approximate surface area is 151 Å². The van der Waals surface area contributed by atoms with Gasteiger partial charge in [0.05, 0.1) is 11.4 Å². The second kappa shape index (κ2) is 6.76. The molecule has 128 valence electrons. The van der Waals surface area contributed by atoms with Crippen LogP contribution >= 0.6 is 15.9 Å². The van der Waals surface area contributed by atoms with Crippen LogP contribution in [0.15, 0.2) is 51.7 Å². The summed E-state index contributed by atoms with van der Waals surface area (Å²) in [5.41, 5.74) is -0.330. The van der Waals surface area contributed by atoms with E-state index in [9.17, 15) is 14.0 Å². The summed E-state index contributed by atoms with van der Waals surface area (Å²) >= 11 is 3.14. The number of fused-ring (bicyclic) bond motifs is 1. The zero-order valence-electron chi connectivity index (χ0n) is 13.5. The van der Waals surface area contributed by atoms with E-state index in [1.165, 1.54) is 16.8 Å². The van der Waals surface area contributed by atoms with Gasteiger partial charge >= 0.3 is 5.97 Å². The van der Waals surface area contributed by atoms with E-state index < -0.39 is 11.8 Å². The summed E-state index contributed by atoms with van der Waals surface area (Å²) in [7, 11) is 0. The van der Waals surface area contributed by atoms with Gasteiger partial charge < -0.3 is 4.74 Å². The van der Waals surface area contributed by atoms with Gasteiger partial charge in [-0.1, -0.05) is 34.1 Å². The van der Waals surface area contributed by atoms with Gasteiger partial charge in [-0.3, -0.25) is 4.79 Å². The van der Waals surface area contributed by atoms with E-state index in [4.69, 9.17) is 4.74 Å². The molecule has 1 aromatic heterocycles. The molecule has 0 aliphatic carbocycles. The molecule has 0 aliphatic rings. The molecule has 3 rings (SSSR count). The fourth-order valence-corrected chi connectivity index (χ4v) is 2.75. The van der Waals surface area contributed by atoms with Crippen molar-refractivity contribution < 1.29 is 13.9 Å². The molecule has 25 heavy (non-hydrogen) atoms. The Bertz CT molecular complexity index is 1030. The van der Waals surface area contributed by atoms with E-state index >= 15 is 0 Å². The van der Waals surface area contributed by atoms with Gasteiger partial charge in [0.15, 0.2) is 17.3 Å². The Morgan fingerprint density at radius 3 is 2.52 bits per heavy atom. The van der Waals surface area contributed by atoms with E-state index in [-0.39, 0.29) is 23.0 Å². The molecule has 0 radical (unpaired) electrons. The van der Waals surface area contributed by atoms with E-state index in [0.29, 0.717) is 15.2 Å².